The molecule has 2 aromatic heterocycles. The highest BCUT2D eigenvalue weighted by molar-refractivity contribution is 5.84. The van der Waals surface area contributed by atoms with Crippen molar-refractivity contribution in [2.75, 3.05) is 13.6 Å². The molecule has 126 valence electrons. The van der Waals surface area contributed by atoms with Gasteiger partial charge in [-0.15, -0.1) is 0 Å². The van der Waals surface area contributed by atoms with E-state index < -0.39 is 5.69 Å². The van der Waals surface area contributed by atoms with Crippen LogP contribution in [0.2, 0.25) is 0 Å². The smallest absolute Gasteiger partial charge is 0.326 e. The average molecular weight is 347 g/mol. The third-order valence-electron chi connectivity index (χ3n) is 4.71. The van der Waals surface area contributed by atoms with Crippen LogP contribution in [0.1, 0.15) is 17.0 Å². The van der Waals surface area contributed by atoms with Gasteiger partial charge in [0.05, 0.1) is 19.3 Å². The van der Waals surface area contributed by atoms with Crippen molar-refractivity contribution in [2.24, 2.45) is 0 Å². The maximum atomic E-state index is 11.5. The Kier molecular flexibility index (Phi) is 4.11. The Balaban J connectivity index is 0.00000169. The predicted molar refractivity (Wildman–Crippen MR) is 88.1 cm³/mol. The number of hydrogen-bond donors (Lipinski definition) is 3. The number of para-hydroxylation sites is 1. The molecule has 3 aromatic rings. The second-order valence-electron chi connectivity index (χ2n) is 6.65. The van der Waals surface area contributed by atoms with Gasteiger partial charge in [-0.05, 0) is 6.07 Å². The van der Waals surface area contributed by atoms with Gasteiger partial charge in [-0.2, -0.15) is 0 Å². The Morgan fingerprint density at radius 3 is 2.71 bits per heavy atom. The maximum absolute atomic E-state index is 11.5. The second-order valence-corrected chi connectivity index (χ2v) is 6.65. The van der Waals surface area contributed by atoms with Gasteiger partial charge < -0.3 is 26.9 Å². The molecule has 1 atom stereocenters. The molecular weight excluding hydrogens is 328 g/mol. The fourth-order valence-electron chi connectivity index (χ4n) is 3.64. The topological polar surface area (TPSA) is 81.5 Å². The van der Waals surface area contributed by atoms with Crippen molar-refractivity contribution in [3.63, 3.8) is 0 Å². The van der Waals surface area contributed by atoms with Crippen molar-refractivity contribution in [3.05, 3.63) is 68.1 Å². The fourth-order valence-corrected chi connectivity index (χ4v) is 3.64. The third kappa shape index (κ3) is 2.90. The first-order valence-corrected chi connectivity index (χ1v) is 7.77. The SMILES string of the molecule is C[N+]1(Cc2cc(=O)[nH]c(=O)[nH]2)CCc2[nH]c3ccccc3c2C1.[Cl-]. The fraction of sp³-hybridized carbons (Fsp3) is 0.294. The monoisotopic (exact) mass is 346 g/mol. The van der Waals surface area contributed by atoms with E-state index in [1.54, 1.807) is 0 Å². The number of benzene rings is 1. The molecule has 6 nitrogen and oxygen atoms in total. The summed E-state index contributed by atoms with van der Waals surface area (Å²) in [5.41, 5.74) is 3.73. The third-order valence-corrected chi connectivity index (χ3v) is 4.71. The highest BCUT2D eigenvalue weighted by Crippen LogP contribution is 2.31. The summed E-state index contributed by atoms with van der Waals surface area (Å²) in [6.07, 6.45) is 0.966. The van der Waals surface area contributed by atoms with Crippen LogP contribution in [0.5, 0.6) is 0 Å². The first-order chi connectivity index (χ1) is 11.0. The minimum absolute atomic E-state index is 0. The minimum atomic E-state index is -0.441. The molecule has 1 aliphatic rings. The molecule has 0 saturated carbocycles. The lowest BCUT2D eigenvalue weighted by Crippen LogP contribution is -3.00. The number of halogens is 1. The molecule has 1 aromatic carbocycles. The van der Waals surface area contributed by atoms with Gasteiger partial charge in [-0.25, -0.2) is 4.79 Å². The van der Waals surface area contributed by atoms with E-state index in [1.807, 2.05) is 6.07 Å². The van der Waals surface area contributed by atoms with E-state index in [0.717, 1.165) is 24.0 Å². The van der Waals surface area contributed by atoms with Gasteiger partial charge >= 0.3 is 5.69 Å². The number of aromatic nitrogens is 3. The zero-order valence-electron chi connectivity index (χ0n) is 13.4. The number of H-pyrrole nitrogens is 3. The molecule has 3 N–H and O–H groups in total. The van der Waals surface area contributed by atoms with E-state index in [4.69, 9.17) is 0 Å². The van der Waals surface area contributed by atoms with Crippen molar-refractivity contribution in [1.82, 2.24) is 15.0 Å². The molecule has 0 spiro atoms. The van der Waals surface area contributed by atoms with E-state index in [0.29, 0.717) is 12.2 Å². The summed E-state index contributed by atoms with van der Waals surface area (Å²) in [7, 11) is 2.17. The molecule has 0 bridgehead atoms. The zero-order chi connectivity index (χ0) is 16.0. The molecule has 3 heterocycles. The molecule has 24 heavy (non-hydrogen) atoms. The highest BCUT2D eigenvalue weighted by Gasteiger charge is 2.31. The molecule has 0 saturated heterocycles. The van der Waals surface area contributed by atoms with Gasteiger partial charge in [0, 0.05) is 34.6 Å². The van der Waals surface area contributed by atoms with Crippen LogP contribution in [0.3, 0.4) is 0 Å². The Labute approximate surface area is 144 Å². The maximum Gasteiger partial charge on any atom is 0.326 e. The average Bonchev–Trinajstić information content (AvgIpc) is 2.83. The van der Waals surface area contributed by atoms with Gasteiger partial charge in [0.2, 0.25) is 0 Å². The van der Waals surface area contributed by atoms with Crippen LogP contribution in [0.25, 0.3) is 10.9 Å². The molecule has 0 aliphatic carbocycles. The predicted octanol–water partition coefficient (Wildman–Crippen LogP) is -1.75. The summed E-state index contributed by atoms with van der Waals surface area (Å²) >= 11 is 0. The summed E-state index contributed by atoms with van der Waals surface area (Å²) < 4.78 is 0.772. The Bertz CT molecular complexity index is 975. The van der Waals surface area contributed by atoms with Crippen molar-refractivity contribution >= 4 is 10.9 Å². The number of nitrogens with one attached hydrogen (secondary N) is 3. The standard InChI is InChI=1S/C17H18N4O2.ClH/c1-21(9-11-8-16(22)20-17(23)18-11)7-6-15-13(10-21)12-4-2-3-5-14(12)19-15;/h2-5,8,19H,6-7,9-10H2,1H3,(H-,18,20,22,23);1H. The van der Waals surface area contributed by atoms with E-state index in [9.17, 15) is 9.59 Å². The summed E-state index contributed by atoms with van der Waals surface area (Å²) in [5, 5.41) is 1.27. The van der Waals surface area contributed by atoms with Crippen LogP contribution >= 0.6 is 0 Å². The molecule has 0 amide bonds. The molecule has 0 fully saturated rings. The van der Waals surface area contributed by atoms with E-state index in [1.165, 1.54) is 28.2 Å². The first-order valence-electron chi connectivity index (χ1n) is 7.77. The van der Waals surface area contributed by atoms with Crippen molar-refractivity contribution < 1.29 is 16.9 Å². The number of hydrogen-bond acceptors (Lipinski definition) is 2. The van der Waals surface area contributed by atoms with Crippen molar-refractivity contribution in [3.8, 4) is 0 Å². The van der Waals surface area contributed by atoms with Crippen LogP contribution < -0.4 is 23.7 Å². The quantitative estimate of drug-likeness (QED) is 0.481. The Morgan fingerprint density at radius 1 is 1.12 bits per heavy atom. The van der Waals surface area contributed by atoms with E-state index in [-0.39, 0.29) is 18.0 Å². The largest absolute Gasteiger partial charge is 1.00 e. The lowest BCUT2D eigenvalue weighted by Gasteiger charge is -2.37. The number of likely N-dealkylation sites (N-methyl/N-ethyl adjacent to an activating group) is 1. The normalized spacial score (nSPS) is 19.7. The molecule has 7 heteroatoms. The lowest BCUT2D eigenvalue weighted by atomic mass is 10.0. The van der Waals surface area contributed by atoms with Crippen LogP contribution in [-0.4, -0.2) is 33.0 Å². The lowest BCUT2D eigenvalue weighted by molar-refractivity contribution is -0.937. The molecule has 0 radical (unpaired) electrons. The van der Waals surface area contributed by atoms with Crippen LogP contribution in [0, 0.1) is 0 Å². The molecular formula is C17H19ClN4O2. The number of nitrogens with zero attached hydrogens (tertiary/aromatic N) is 1. The number of aromatic amines is 3. The first kappa shape index (κ1) is 16.5. The van der Waals surface area contributed by atoms with Crippen molar-refractivity contribution in [2.45, 2.75) is 19.5 Å². The van der Waals surface area contributed by atoms with Gasteiger partial charge in [-0.1, -0.05) is 18.2 Å². The number of rotatable bonds is 2. The molecule has 4 rings (SSSR count). The zero-order valence-corrected chi connectivity index (χ0v) is 14.1. The van der Waals surface area contributed by atoms with Gasteiger partial charge in [0.15, 0.2) is 0 Å². The van der Waals surface area contributed by atoms with E-state index in [2.05, 4.69) is 40.2 Å². The Morgan fingerprint density at radius 2 is 1.92 bits per heavy atom. The second kappa shape index (κ2) is 5.96. The van der Waals surface area contributed by atoms with Gasteiger partial charge in [0.1, 0.15) is 13.1 Å². The van der Waals surface area contributed by atoms with Crippen LogP contribution in [-0.2, 0) is 19.5 Å². The highest BCUT2D eigenvalue weighted by atomic mass is 35.5. The number of quaternary nitrogens is 1. The van der Waals surface area contributed by atoms with Crippen LogP contribution in [0.4, 0.5) is 0 Å². The molecule has 1 aliphatic heterocycles. The summed E-state index contributed by atoms with van der Waals surface area (Å²) in [4.78, 5) is 31.4. The van der Waals surface area contributed by atoms with Crippen molar-refractivity contribution in [1.29, 1.82) is 0 Å². The molecule has 1 unspecified atom stereocenters. The van der Waals surface area contributed by atoms with Gasteiger partial charge in [0.25, 0.3) is 5.56 Å². The summed E-state index contributed by atoms with van der Waals surface area (Å²) in [5.74, 6) is 0. The minimum Gasteiger partial charge on any atom is -1.00 e. The van der Waals surface area contributed by atoms with E-state index >= 15 is 0 Å². The number of fused-ring (bicyclic) bond motifs is 3. The summed E-state index contributed by atoms with van der Waals surface area (Å²) in [6.45, 7) is 2.49. The Hall–Kier alpha value is -2.31. The summed E-state index contributed by atoms with van der Waals surface area (Å²) in [6, 6.07) is 9.83. The van der Waals surface area contributed by atoms with Gasteiger partial charge in [-0.3, -0.25) is 9.78 Å². The van der Waals surface area contributed by atoms with Crippen LogP contribution in [0.15, 0.2) is 39.9 Å².